The normalized spacial score (nSPS) is 10.8. The Morgan fingerprint density at radius 3 is 2.29 bits per heavy atom. The maximum atomic E-state index is 6.19. The first-order chi connectivity index (χ1) is 11.8. The van der Waals surface area contributed by atoms with Crippen LogP contribution in [-0.4, -0.2) is 6.61 Å². The second-order valence-corrected chi connectivity index (χ2v) is 6.47. The zero-order valence-corrected chi connectivity index (χ0v) is 15.3. The number of para-hydroxylation sites is 1. The lowest BCUT2D eigenvalue weighted by molar-refractivity contribution is 0.301. The van der Waals surface area contributed by atoms with Gasteiger partial charge in [-0.05, 0) is 24.1 Å². The van der Waals surface area contributed by atoms with Gasteiger partial charge in [0.2, 0.25) is 0 Å². The summed E-state index contributed by atoms with van der Waals surface area (Å²) in [5, 5.41) is 4.26. The van der Waals surface area contributed by atoms with Gasteiger partial charge in [-0.25, -0.2) is 0 Å². The van der Waals surface area contributed by atoms with E-state index in [2.05, 4.69) is 30.4 Å². The van der Waals surface area contributed by atoms with E-state index in [1.165, 1.54) is 31.2 Å². The first-order valence-electron chi connectivity index (χ1n) is 8.96. The highest BCUT2D eigenvalue weighted by molar-refractivity contribution is 6.31. The molecule has 24 heavy (non-hydrogen) atoms. The van der Waals surface area contributed by atoms with E-state index in [1.807, 2.05) is 30.3 Å². The molecule has 2 rings (SSSR count). The molecule has 0 bridgehead atoms. The third-order valence-corrected chi connectivity index (χ3v) is 4.44. The fourth-order valence-electron chi connectivity index (χ4n) is 2.65. The summed E-state index contributed by atoms with van der Waals surface area (Å²) in [7, 11) is 0. The SMILES string of the molecule is CCCCCCCOc1ccccc1CNCc1ccccc1Cl. The van der Waals surface area contributed by atoms with Gasteiger partial charge in [0, 0.05) is 23.7 Å². The number of hydrogen-bond donors (Lipinski definition) is 1. The van der Waals surface area contributed by atoms with Gasteiger partial charge < -0.3 is 10.1 Å². The van der Waals surface area contributed by atoms with Crippen LogP contribution < -0.4 is 10.1 Å². The molecule has 0 unspecified atom stereocenters. The number of nitrogens with one attached hydrogen (secondary N) is 1. The van der Waals surface area contributed by atoms with E-state index >= 15 is 0 Å². The summed E-state index contributed by atoms with van der Waals surface area (Å²) in [4.78, 5) is 0. The van der Waals surface area contributed by atoms with Crippen LogP contribution in [0.15, 0.2) is 48.5 Å². The highest BCUT2D eigenvalue weighted by Gasteiger charge is 2.04. The van der Waals surface area contributed by atoms with E-state index in [4.69, 9.17) is 16.3 Å². The average Bonchev–Trinajstić information content (AvgIpc) is 2.61. The molecule has 2 nitrogen and oxygen atoms in total. The Morgan fingerprint density at radius 2 is 1.50 bits per heavy atom. The first-order valence-corrected chi connectivity index (χ1v) is 9.34. The van der Waals surface area contributed by atoms with E-state index in [9.17, 15) is 0 Å². The van der Waals surface area contributed by atoms with Crippen LogP contribution >= 0.6 is 11.6 Å². The second-order valence-electron chi connectivity index (χ2n) is 6.07. The van der Waals surface area contributed by atoms with Crippen molar-refractivity contribution in [1.82, 2.24) is 5.32 Å². The second kappa shape index (κ2) is 11.1. The van der Waals surface area contributed by atoms with Crippen LogP contribution in [0.3, 0.4) is 0 Å². The molecule has 0 aliphatic heterocycles. The quantitative estimate of drug-likeness (QED) is 0.506. The van der Waals surface area contributed by atoms with Gasteiger partial charge in [-0.3, -0.25) is 0 Å². The molecule has 0 aromatic heterocycles. The third kappa shape index (κ3) is 6.54. The van der Waals surface area contributed by atoms with Gasteiger partial charge in [0.15, 0.2) is 0 Å². The number of benzene rings is 2. The number of rotatable bonds is 11. The molecule has 0 aliphatic rings. The summed E-state index contributed by atoms with van der Waals surface area (Å²) >= 11 is 6.19. The molecular formula is C21H28ClNO. The molecule has 0 saturated carbocycles. The van der Waals surface area contributed by atoms with Gasteiger partial charge in [0.1, 0.15) is 5.75 Å². The summed E-state index contributed by atoms with van der Waals surface area (Å²) in [6.07, 6.45) is 6.28. The summed E-state index contributed by atoms with van der Waals surface area (Å²) in [5.41, 5.74) is 2.31. The van der Waals surface area contributed by atoms with Crippen LogP contribution in [0.25, 0.3) is 0 Å². The standard InChI is InChI=1S/C21H28ClNO/c1-2-3-4-5-10-15-24-21-14-9-7-12-19(21)17-23-16-18-11-6-8-13-20(18)22/h6-9,11-14,23H,2-5,10,15-17H2,1H3. The third-order valence-electron chi connectivity index (χ3n) is 4.07. The maximum Gasteiger partial charge on any atom is 0.123 e. The number of hydrogen-bond acceptors (Lipinski definition) is 2. The van der Waals surface area contributed by atoms with E-state index in [0.717, 1.165) is 42.5 Å². The van der Waals surface area contributed by atoms with E-state index in [0.29, 0.717) is 0 Å². The van der Waals surface area contributed by atoms with Crippen LogP contribution in [0.1, 0.15) is 50.2 Å². The van der Waals surface area contributed by atoms with E-state index < -0.39 is 0 Å². The molecule has 0 aliphatic carbocycles. The lowest BCUT2D eigenvalue weighted by Gasteiger charge is -2.12. The monoisotopic (exact) mass is 345 g/mol. The number of ether oxygens (including phenoxy) is 1. The molecule has 130 valence electrons. The Labute approximate surface area is 151 Å². The van der Waals surface area contributed by atoms with Crippen LogP contribution in [0.4, 0.5) is 0 Å². The average molecular weight is 346 g/mol. The molecule has 0 amide bonds. The highest BCUT2D eigenvalue weighted by Crippen LogP contribution is 2.19. The number of unbranched alkanes of at least 4 members (excludes halogenated alkanes) is 4. The summed E-state index contributed by atoms with van der Waals surface area (Å²) in [6.45, 7) is 4.57. The Balaban J connectivity index is 1.77. The van der Waals surface area contributed by atoms with Crippen molar-refractivity contribution in [3.63, 3.8) is 0 Å². The fraction of sp³-hybridized carbons (Fsp3) is 0.429. The van der Waals surface area contributed by atoms with Crippen LogP contribution in [0, 0.1) is 0 Å². The van der Waals surface area contributed by atoms with E-state index in [-0.39, 0.29) is 0 Å². The van der Waals surface area contributed by atoms with Crippen molar-refractivity contribution in [3.05, 3.63) is 64.7 Å². The molecule has 0 fully saturated rings. The molecule has 0 spiro atoms. The van der Waals surface area contributed by atoms with Gasteiger partial charge in [-0.2, -0.15) is 0 Å². The van der Waals surface area contributed by atoms with Crippen molar-refractivity contribution in [2.24, 2.45) is 0 Å². The Morgan fingerprint density at radius 1 is 0.833 bits per heavy atom. The van der Waals surface area contributed by atoms with Gasteiger partial charge in [-0.1, -0.05) is 80.6 Å². The molecule has 2 aromatic rings. The predicted molar refractivity (Wildman–Crippen MR) is 103 cm³/mol. The van der Waals surface area contributed by atoms with Crippen molar-refractivity contribution in [1.29, 1.82) is 0 Å². The van der Waals surface area contributed by atoms with Gasteiger partial charge >= 0.3 is 0 Å². The minimum absolute atomic E-state index is 0.755. The molecule has 0 radical (unpaired) electrons. The van der Waals surface area contributed by atoms with Crippen molar-refractivity contribution in [3.8, 4) is 5.75 Å². The lowest BCUT2D eigenvalue weighted by atomic mass is 10.1. The van der Waals surface area contributed by atoms with Crippen molar-refractivity contribution < 1.29 is 4.74 Å². The highest BCUT2D eigenvalue weighted by atomic mass is 35.5. The maximum absolute atomic E-state index is 6.19. The molecule has 0 atom stereocenters. The molecule has 3 heteroatoms. The van der Waals surface area contributed by atoms with Crippen LogP contribution in [0.2, 0.25) is 5.02 Å². The lowest BCUT2D eigenvalue weighted by Crippen LogP contribution is -2.14. The number of halogens is 1. The van der Waals surface area contributed by atoms with E-state index in [1.54, 1.807) is 0 Å². The summed E-state index contributed by atoms with van der Waals surface area (Å²) < 4.78 is 5.98. The Kier molecular flexibility index (Phi) is 8.72. The Hall–Kier alpha value is -1.51. The molecule has 0 heterocycles. The smallest absolute Gasteiger partial charge is 0.123 e. The first kappa shape index (κ1) is 18.8. The summed E-state index contributed by atoms with van der Waals surface area (Å²) in [6, 6.07) is 16.2. The minimum atomic E-state index is 0.755. The molecule has 2 aromatic carbocycles. The Bertz CT molecular complexity index is 600. The van der Waals surface area contributed by atoms with Crippen LogP contribution in [0.5, 0.6) is 5.75 Å². The summed E-state index contributed by atoms with van der Waals surface area (Å²) in [5.74, 6) is 0.986. The van der Waals surface area contributed by atoms with Crippen LogP contribution in [-0.2, 0) is 13.1 Å². The molecular weight excluding hydrogens is 318 g/mol. The molecule has 0 saturated heterocycles. The minimum Gasteiger partial charge on any atom is -0.493 e. The molecule has 1 N–H and O–H groups in total. The van der Waals surface area contributed by atoms with Crippen molar-refractivity contribution in [2.75, 3.05) is 6.61 Å². The van der Waals surface area contributed by atoms with Gasteiger partial charge in [0.05, 0.1) is 6.61 Å². The van der Waals surface area contributed by atoms with Gasteiger partial charge in [-0.15, -0.1) is 0 Å². The zero-order chi connectivity index (χ0) is 17.0. The topological polar surface area (TPSA) is 21.3 Å². The fourth-order valence-corrected chi connectivity index (χ4v) is 2.85. The van der Waals surface area contributed by atoms with Crippen molar-refractivity contribution in [2.45, 2.75) is 52.1 Å². The zero-order valence-electron chi connectivity index (χ0n) is 14.6. The predicted octanol–water partition coefficient (Wildman–Crippen LogP) is 5.98. The van der Waals surface area contributed by atoms with Crippen molar-refractivity contribution >= 4 is 11.6 Å². The van der Waals surface area contributed by atoms with Gasteiger partial charge in [0.25, 0.3) is 0 Å². The largest absolute Gasteiger partial charge is 0.493 e.